The van der Waals surface area contributed by atoms with Gasteiger partial charge in [0.25, 0.3) is 0 Å². The minimum atomic E-state index is 0.220. The number of fused-ring (bicyclic) bond motifs is 1. The molecule has 0 aliphatic rings. The van der Waals surface area contributed by atoms with Crippen LogP contribution in [0.5, 0.6) is 0 Å². The molecular weight excluding hydrogens is 268 g/mol. The predicted molar refractivity (Wildman–Crippen MR) is 84.3 cm³/mol. The molecule has 2 nitrogen and oxygen atoms in total. The average molecular weight is 285 g/mol. The van der Waals surface area contributed by atoms with E-state index >= 15 is 0 Å². The van der Waals surface area contributed by atoms with Crippen LogP contribution in [-0.4, -0.2) is 9.55 Å². The second kappa shape index (κ2) is 5.29. The fourth-order valence-corrected chi connectivity index (χ4v) is 2.85. The number of nitrogens with zero attached hydrogens (tertiary/aromatic N) is 2. The SMILES string of the molecule is Cc1ccc2c(c1)nc(CCl)n2C(C)c1ccccc1. The molecule has 0 spiro atoms. The Labute approximate surface area is 124 Å². The Morgan fingerprint density at radius 3 is 2.60 bits per heavy atom. The molecule has 0 saturated heterocycles. The highest BCUT2D eigenvalue weighted by atomic mass is 35.5. The van der Waals surface area contributed by atoms with E-state index in [1.807, 2.05) is 6.07 Å². The Morgan fingerprint density at radius 1 is 1.15 bits per heavy atom. The quantitative estimate of drug-likeness (QED) is 0.638. The Balaban J connectivity index is 2.19. The molecule has 0 N–H and O–H groups in total. The fourth-order valence-electron chi connectivity index (χ4n) is 2.67. The van der Waals surface area contributed by atoms with Crippen molar-refractivity contribution in [3.63, 3.8) is 0 Å². The normalized spacial score (nSPS) is 12.8. The van der Waals surface area contributed by atoms with E-state index in [1.54, 1.807) is 0 Å². The monoisotopic (exact) mass is 284 g/mol. The smallest absolute Gasteiger partial charge is 0.125 e. The Kier molecular flexibility index (Phi) is 3.49. The lowest BCUT2D eigenvalue weighted by Crippen LogP contribution is -2.09. The summed E-state index contributed by atoms with van der Waals surface area (Å²) in [4.78, 5) is 4.67. The number of imidazole rings is 1. The van der Waals surface area contributed by atoms with E-state index in [1.165, 1.54) is 11.1 Å². The van der Waals surface area contributed by atoms with E-state index < -0.39 is 0 Å². The van der Waals surface area contributed by atoms with Gasteiger partial charge < -0.3 is 4.57 Å². The molecule has 0 aliphatic heterocycles. The summed E-state index contributed by atoms with van der Waals surface area (Å²) >= 11 is 6.09. The number of benzene rings is 2. The molecule has 0 radical (unpaired) electrons. The van der Waals surface area contributed by atoms with E-state index in [9.17, 15) is 0 Å². The molecule has 0 aliphatic carbocycles. The van der Waals surface area contributed by atoms with Gasteiger partial charge in [0.15, 0.2) is 0 Å². The van der Waals surface area contributed by atoms with Crippen LogP contribution in [0.25, 0.3) is 11.0 Å². The number of hydrogen-bond acceptors (Lipinski definition) is 1. The Morgan fingerprint density at radius 2 is 1.90 bits per heavy atom. The van der Waals surface area contributed by atoms with Gasteiger partial charge in [-0.25, -0.2) is 4.98 Å². The van der Waals surface area contributed by atoms with Crippen LogP contribution in [-0.2, 0) is 5.88 Å². The highest BCUT2D eigenvalue weighted by Gasteiger charge is 2.16. The first kappa shape index (κ1) is 13.2. The van der Waals surface area contributed by atoms with Gasteiger partial charge in [-0.05, 0) is 37.1 Å². The summed E-state index contributed by atoms with van der Waals surface area (Å²) in [6.07, 6.45) is 0. The second-order valence-electron chi connectivity index (χ2n) is 5.11. The standard InChI is InChI=1S/C17H17ClN2/c1-12-8-9-16-15(10-12)19-17(11-18)20(16)13(2)14-6-4-3-5-7-14/h3-10,13H,11H2,1-2H3. The summed E-state index contributed by atoms with van der Waals surface area (Å²) in [7, 11) is 0. The molecule has 20 heavy (non-hydrogen) atoms. The molecule has 0 fully saturated rings. The third-order valence-corrected chi connectivity index (χ3v) is 3.95. The highest BCUT2D eigenvalue weighted by molar-refractivity contribution is 6.16. The third kappa shape index (κ3) is 2.20. The summed E-state index contributed by atoms with van der Waals surface area (Å²) in [6, 6.07) is 17.0. The average Bonchev–Trinajstić information content (AvgIpc) is 2.84. The molecule has 0 amide bonds. The maximum Gasteiger partial charge on any atom is 0.125 e. The molecule has 102 valence electrons. The predicted octanol–water partition coefficient (Wildman–Crippen LogP) is 4.69. The topological polar surface area (TPSA) is 17.8 Å². The zero-order valence-corrected chi connectivity index (χ0v) is 12.4. The molecular formula is C17H17ClN2. The maximum atomic E-state index is 6.09. The lowest BCUT2D eigenvalue weighted by Gasteiger charge is -2.17. The van der Waals surface area contributed by atoms with E-state index in [0.717, 1.165) is 16.9 Å². The number of aromatic nitrogens is 2. The van der Waals surface area contributed by atoms with Crippen LogP contribution in [0.2, 0.25) is 0 Å². The van der Waals surface area contributed by atoms with E-state index in [2.05, 4.69) is 65.9 Å². The molecule has 3 rings (SSSR count). The fraction of sp³-hybridized carbons (Fsp3) is 0.235. The van der Waals surface area contributed by atoms with Crippen LogP contribution in [0.15, 0.2) is 48.5 Å². The van der Waals surface area contributed by atoms with Gasteiger partial charge in [0, 0.05) is 0 Å². The third-order valence-electron chi connectivity index (χ3n) is 3.71. The van der Waals surface area contributed by atoms with Gasteiger partial charge in [-0.3, -0.25) is 0 Å². The minimum Gasteiger partial charge on any atom is -0.320 e. The zero-order chi connectivity index (χ0) is 14.1. The van der Waals surface area contributed by atoms with Gasteiger partial charge in [0.2, 0.25) is 0 Å². The minimum absolute atomic E-state index is 0.220. The highest BCUT2D eigenvalue weighted by Crippen LogP contribution is 2.27. The second-order valence-corrected chi connectivity index (χ2v) is 5.38. The van der Waals surface area contributed by atoms with Gasteiger partial charge in [0.1, 0.15) is 5.82 Å². The van der Waals surface area contributed by atoms with Crippen molar-refractivity contribution in [2.75, 3.05) is 0 Å². The van der Waals surface area contributed by atoms with Crippen LogP contribution in [0.3, 0.4) is 0 Å². The number of rotatable bonds is 3. The summed E-state index contributed by atoms with van der Waals surface area (Å²) in [5.41, 5.74) is 4.64. The van der Waals surface area contributed by atoms with Crippen molar-refractivity contribution in [1.82, 2.24) is 9.55 Å². The zero-order valence-electron chi connectivity index (χ0n) is 11.7. The first-order chi connectivity index (χ1) is 9.70. The van der Waals surface area contributed by atoms with Crippen LogP contribution in [0.1, 0.15) is 29.9 Å². The number of aryl methyl sites for hydroxylation is 1. The van der Waals surface area contributed by atoms with Crippen molar-refractivity contribution in [2.24, 2.45) is 0 Å². The lowest BCUT2D eigenvalue weighted by molar-refractivity contribution is 0.634. The van der Waals surface area contributed by atoms with Crippen molar-refractivity contribution >= 4 is 22.6 Å². The molecule has 3 aromatic rings. The summed E-state index contributed by atoms with van der Waals surface area (Å²) in [6.45, 7) is 4.27. The Hall–Kier alpha value is -1.80. The largest absolute Gasteiger partial charge is 0.320 e. The number of halogens is 1. The van der Waals surface area contributed by atoms with Crippen molar-refractivity contribution in [1.29, 1.82) is 0 Å². The van der Waals surface area contributed by atoms with Gasteiger partial charge in [0.05, 0.1) is 23.0 Å². The molecule has 2 aromatic carbocycles. The van der Waals surface area contributed by atoms with Crippen LogP contribution < -0.4 is 0 Å². The van der Waals surface area contributed by atoms with Crippen LogP contribution in [0, 0.1) is 6.92 Å². The van der Waals surface area contributed by atoms with Crippen molar-refractivity contribution in [3.05, 3.63) is 65.5 Å². The van der Waals surface area contributed by atoms with E-state index in [-0.39, 0.29) is 6.04 Å². The molecule has 1 atom stereocenters. The van der Waals surface area contributed by atoms with Crippen molar-refractivity contribution in [2.45, 2.75) is 25.8 Å². The number of alkyl halides is 1. The summed E-state index contributed by atoms with van der Waals surface area (Å²) in [5.74, 6) is 1.34. The summed E-state index contributed by atoms with van der Waals surface area (Å²) in [5, 5.41) is 0. The van der Waals surface area contributed by atoms with E-state index in [0.29, 0.717) is 5.88 Å². The molecule has 0 saturated carbocycles. The van der Waals surface area contributed by atoms with Gasteiger partial charge in [-0.1, -0.05) is 36.4 Å². The van der Waals surface area contributed by atoms with Crippen LogP contribution >= 0.6 is 11.6 Å². The van der Waals surface area contributed by atoms with Gasteiger partial charge in [-0.15, -0.1) is 11.6 Å². The molecule has 0 bridgehead atoms. The first-order valence-corrected chi connectivity index (χ1v) is 7.32. The van der Waals surface area contributed by atoms with Gasteiger partial charge in [-0.2, -0.15) is 0 Å². The summed E-state index contributed by atoms with van der Waals surface area (Å²) < 4.78 is 2.23. The van der Waals surface area contributed by atoms with Crippen molar-refractivity contribution in [3.8, 4) is 0 Å². The first-order valence-electron chi connectivity index (χ1n) is 6.79. The van der Waals surface area contributed by atoms with E-state index in [4.69, 9.17) is 11.6 Å². The maximum absolute atomic E-state index is 6.09. The molecule has 1 aromatic heterocycles. The molecule has 1 heterocycles. The lowest BCUT2D eigenvalue weighted by atomic mass is 10.1. The van der Waals surface area contributed by atoms with Crippen molar-refractivity contribution < 1.29 is 0 Å². The van der Waals surface area contributed by atoms with Crippen LogP contribution in [0.4, 0.5) is 0 Å². The number of hydrogen-bond donors (Lipinski definition) is 0. The molecule has 1 unspecified atom stereocenters. The van der Waals surface area contributed by atoms with Gasteiger partial charge >= 0.3 is 0 Å². The molecule has 3 heteroatoms. The Bertz CT molecular complexity index is 731.